The summed E-state index contributed by atoms with van der Waals surface area (Å²) >= 11 is 0. The molecule has 0 saturated heterocycles. The van der Waals surface area contributed by atoms with Crippen LogP contribution in [0.5, 0.6) is 0 Å². The molecule has 0 aliphatic carbocycles. The van der Waals surface area contributed by atoms with Crippen LogP contribution >= 0.6 is 0 Å². The van der Waals surface area contributed by atoms with Crippen molar-refractivity contribution in [2.75, 3.05) is 5.32 Å². The third kappa shape index (κ3) is 3.51. The zero-order chi connectivity index (χ0) is 14.5. The maximum atomic E-state index is 13.4. The van der Waals surface area contributed by atoms with Crippen LogP contribution in [0.1, 0.15) is 22.8 Å². The topological polar surface area (TPSA) is 46.2 Å². The molecule has 0 aliphatic heterocycles. The molecule has 102 valence electrons. The Bertz CT molecular complexity index is 635. The van der Waals surface area contributed by atoms with E-state index in [-0.39, 0.29) is 18.1 Å². The van der Waals surface area contributed by atoms with Gasteiger partial charge in [0.1, 0.15) is 5.82 Å². The summed E-state index contributed by atoms with van der Waals surface area (Å²) in [4.78, 5) is 22.9. The highest BCUT2D eigenvalue weighted by atomic mass is 19.1. The van der Waals surface area contributed by atoms with Crippen molar-refractivity contribution >= 4 is 17.4 Å². The molecule has 0 spiro atoms. The quantitative estimate of drug-likeness (QED) is 0.868. The second-order valence-corrected chi connectivity index (χ2v) is 4.45. The van der Waals surface area contributed by atoms with Crippen molar-refractivity contribution in [2.24, 2.45) is 0 Å². The van der Waals surface area contributed by atoms with Gasteiger partial charge in [-0.25, -0.2) is 4.39 Å². The van der Waals surface area contributed by atoms with Crippen LogP contribution in [0.2, 0.25) is 0 Å². The van der Waals surface area contributed by atoms with Crippen LogP contribution in [0.4, 0.5) is 10.1 Å². The van der Waals surface area contributed by atoms with E-state index in [0.29, 0.717) is 16.8 Å². The molecule has 1 N–H and O–H groups in total. The molecule has 0 aliphatic rings. The van der Waals surface area contributed by atoms with Gasteiger partial charge in [-0.1, -0.05) is 18.2 Å². The lowest BCUT2D eigenvalue weighted by Crippen LogP contribution is -2.15. The number of anilines is 1. The number of halogens is 1. The van der Waals surface area contributed by atoms with Crippen LogP contribution in [0.15, 0.2) is 48.5 Å². The van der Waals surface area contributed by atoms with Crippen LogP contribution in [0.25, 0.3) is 0 Å². The summed E-state index contributed by atoms with van der Waals surface area (Å²) in [6.45, 7) is 1.48. The van der Waals surface area contributed by atoms with Gasteiger partial charge in [-0.15, -0.1) is 0 Å². The summed E-state index contributed by atoms with van der Waals surface area (Å²) in [6, 6.07) is 12.7. The molecule has 2 aromatic rings. The highest BCUT2D eigenvalue weighted by molar-refractivity contribution is 5.96. The van der Waals surface area contributed by atoms with Crippen LogP contribution in [0.3, 0.4) is 0 Å². The van der Waals surface area contributed by atoms with Crippen molar-refractivity contribution in [2.45, 2.75) is 13.3 Å². The Morgan fingerprint density at radius 1 is 1.05 bits per heavy atom. The first-order valence-corrected chi connectivity index (χ1v) is 6.20. The number of carbonyl (C=O) groups excluding carboxylic acids is 2. The summed E-state index contributed by atoms with van der Waals surface area (Å²) in [5.74, 6) is -0.727. The molecule has 0 aromatic heterocycles. The van der Waals surface area contributed by atoms with Crippen LogP contribution in [-0.2, 0) is 11.2 Å². The van der Waals surface area contributed by atoms with Crippen molar-refractivity contribution in [1.29, 1.82) is 0 Å². The van der Waals surface area contributed by atoms with E-state index in [1.165, 1.54) is 13.0 Å². The Morgan fingerprint density at radius 2 is 1.70 bits per heavy atom. The first-order chi connectivity index (χ1) is 9.56. The molecule has 0 atom stereocenters. The number of amides is 1. The largest absolute Gasteiger partial charge is 0.326 e. The maximum absolute atomic E-state index is 13.4. The summed E-state index contributed by atoms with van der Waals surface area (Å²) in [5, 5.41) is 2.67. The van der Waals surface area contributed by atoms with Gasteiger partial charge in [-0.2, -0.15) is 0 Å². The standard InChI is InChI=1S/C16H14FNO2/c1-11(19)12-6-8-14(9-7-12)18-16(20)10-13-4-2-3-5-15(13)17/h2-9H,10H2,1H3,(H,18,20). The van der Waals surface area contributed by atoms with E-state index < -0.39 is 5.82 Å². The SMILES string of the molecule is CC(=O)c1ccc(NC(=O)Cc2ccccc2F)cc1. The van der Waals surface area contributed by atoms with Crippen molar-refractivity contribution in [3.8, 4) is 0 Å². The smallest absolute Gasteiger partial charge is 0.228 e. The molecule has 2 rings (SSSR count). The molecular weight excluding hydrogens is 257 g/mol. The lowest BCUT2D eigenvalue weighted by atomic mass is 10.1. The van der Waals surface area contributed by atoms with E-state index in [4.69, 9.17) is 0 Å². The molecule has 2 aromatic carbocycles. The van der Waals surface area contributed by atoms with E-state index in [1.807, 2.05) is 0 Å². The molecule has 4 heteroatoms. The Hall–Kier alpha value is -2.49. The first kappa shape index (κ1) is 13.9. The minimum absolute atomic E-state index is 0.0267. The Kier molecular flexibility index (Phi) is 4.25. The fourth-order valence-electron chi connectivity index (χ4n) is 1.81. The summed E-state index contributed by atoms with van der Waals surface area (Å²) < 4.78 is 13.4. The average Bonchev–Trinajstić information content (AvgIpc) is 2.42. The Balaban J connectivity index is 2.01. The van der Waals surface area contributed by atoms with Gasteiger partial charge in [0.2, 0.25) is 5.91 Å². The second kappa shape index (κ2) is 6.10. The second-order valence-electron chi connectivity index (χ2n) is 4.45. The summed E-state index contributed by atoms with van der Waals surface area (Å²) in [7, 11) is 0. The van der Waals surface area contributed by atoms with Crippen molar-refractivity contribution in [3.05, 3.63) is 65.5 Å². The zero-order valence-corrected chi connectivity index (χ0v) is 11.0. The van der Waals surface area contributed by atoms with Gasteiger partial charge >= 0.3 is 0 Å². The van der Waals surface area contributed by atoms with Gasteiger partial charge in [0, 0.05) is 11.3 Å². The highest BCUT2D eigenvalue weighted by Crippen LogP contribution is 2.12. The van der Waals surface area contributed by atoms with Gasteiger partial charge in [0.15, 0.2) is 5.78 Å². The van der Waals surface area contributed by atoms with Gasteiger partial charge in [0.25, 0.3) is 0 Å². The fraction of sp³-hybridized carbons (Fsp3) is 0.125. The van der Waals surface area contributed by atoms with Crippen LogP contribution in [-0.4, -0.2) is 11.7 Å². The molecule has 0 saturated carbocycles. The summed E-state index contributed by atoms with van der Waals surface area (Å²) in [6.07, 6.45) is -0.0267. The third-order valence-corrected chi connectivity index (χ3v) is 2.88. The average molecular weight is 271 g/mol. The van der Waals surface area contributed by atoms with Gasteiger partial charge < -0.3 is 5.32 Å². The van der Waals surface area contributed by atoms with E-state index in [2.05, 4.69) is 5.32 Å². The molecule has 3 nitrogen and oxygen atoms in total. The van der Waals surface area contributed by atoms with Crippen molar-refractivity contribution in [1.82, 2.24) is 0 Å². The number of hydrogen-bond acceptors (Lipinski definition) is 2. The zero-order valence-electron chi connectivity index (χ0n) is 11.0. The van der Waals surface area contributed by atoms with Crippen LogP contribution in [0, 0.1) is 5.82 Å². The fourth-order valence-corrected chi connectivity index (χ4v) is 1.81. The predicted molar refractivity (Wildman–Crippen MR) is 75.2 cm³/mol. The first-order valence-electron chi connectivity index (χ1n) is 6.20. The molecule has 20 heavy (non-hydrogen) atoms. The lowest BCUT2D eigenvalue weighted by Gasteiger charge is -2.06. The molecule has 0 heterocycles. The third-order valence-electron chi connectivity index (χ3n) is 2.88. The number of carbonyl (C=O) groups is 2. The number of Topliss-reactive ketones (excluding diaryl/α,β-unsaturated/α-hetero) is 1. The molecule has 0 fully saturated rings. The highest BCUT2D eigenvalue weighted by Gasteiger charge is 2.08. The number of nitrogens with one attached hydrogen (secondary N) is 1. The number of rotatable bonds is 4. The molecule has 0 unspecified atom stereocenters. The minimum atomic E-state index is -0.394. The Labute approximate surface area is 116 Å². The number of ketones is 1. The lowest BCUT2D eigenvalue weighted by molar-refractivity contribution is -0.115. The van der Waals surface area contributed by atoms with Crippen molar-refractivity contribution in [3.63, 3.8) is 0 Å². The predicted octanol–water partition coefficient (Wildman–Crippen LogP) is 3.21. The normalized spacial score (nSPS) is 10.1. The number of benzene rings is 2. The summed E-state index contributed by atoms with van der Waals surface area (Å²) in [5.41, 5.74) is 1.51. The minimum Gasteiger partial charge on any atom is -0.326 e. The molecular formula is C16H14FNO2. The molecule has 1 amide bonds. The van der Waals surface area contributed by atoms with Crippen molar-refractivity contribution < 1.29 is 14.0 Å². The van der Waals surface area contributed by atoms with Gasteiger partial charge in [0.05, 0.1) is 6.42 Å². The van der Waals surface area contributed by atoms with Crippen LogP contribution < -0.4 is 5.32 Å². The monoisotopic (exact) mass is 271 g/mol. The Morgan fingerprint density at radius 3 is 2.30 bits per heavy atom. The van der Waals surface area contributed by atoms with Gasteiger partial charge in [-0.3, -0.25) is 9.59 Å². The van der Waals surface area contributed by atoms with E-state index in [0.717, 1.165) is 0 Å². The van der Waals surface area contributed by atoms with E-state index in [9.17, 15) is 14.0 Å². The molecule has 0 bridgehead atoms. The molecule has 0 radical (unpaired) electrons. The van der Waals surface area contributed by atoms with E-state index >= 15 is 0 Å². The van der Waals surface area contributed by atoms with Gasteiger partial charge in [-0.05, 0) is 42.8 Å². The maximum Gasteiger partial charge on any atom is 0.228 e. The number of hydrogen-bond donors (Lipinski definition) is 1. The van der Waals surface area contributed by atoms with E-state index in [1.54, 1.807) is 42.5 Å².